The van der Waals surface area contributed by atoms with Gasteiger partial charge in [-0.2, -0.15) is 0 Å². The van der Waals surface area contributed by atoms with Crippen LogP contribution in [-0.4, -0.2) is 15.0 Å². The molecule has 3 aromatic rings. The van der Waals surface area contributed by atoms with E-state index in [2.05, 4.69) is 25.6 Å². The Morgan fingerprint density at radius 2 is 1.71 bits per heavy atom. The molecule has 4 N–H and O–H groups in total. The molecule has 2 aromatic heterocycles. The van der Waals surface area contributed by atoms with Crippen molar-refractivity contribution in [3.8, 4) is 0 Å². The van der Waals surface area contributed by atoms with E-state index in [0.717, 1.165) is 11.3 Å². The average molecular weight is 361 g/mol. The van der Waals surface area contributed by atoms with Crippen molar-refractivity contribution in [2.75, 3.05) is 16.4 Å². The lowest BCUT2D eigenvalue weighted by molar-refractivity contribution is 1.16. The number of benzene rings is 1. The van der Waals surface area contributed by atoms with Gasteiger partial charge >= 0.3 is 0 Å². The van der Waals surface area contributed by atoms with Gasteiger partial charge in [-0.25, -0.2) is 15.0 Å². The topological polar surface area (TPSA) is 88.8 Å². The van der Waals surface area contributed by atoms with Gasteiger partial charge in [0.25, 0.3) is 0 Å². The van der Waals surface area contributed by atoms with Gasteiger partial charge in [-0.3, -0.25) is 0 Å². The Bertz CT molecular complexity index is 867. The largest absolute Gasteiger partial charge is 0.393 e. The number of anilines is 5. The van der Waals surface area contributed by atoms with Crippen LogP contribution < -0.4 is 16.4 Å². The second kappa shape index (κ2) is 6.90. The number of rotatable bonds is 4. The molecule has 0 fully saturated rings. The maximum absolute atomic E-state index is 6.16. The summed E-state index contributed by atoms with van der Waals surface area (Å²) >= 11 is 12.0. The summed E-state index contributed by atoms with van der Waals surface area (Å²) in [6.45, 7) is 1.92. The van der Waals surface area contributed by atoms with Crippen LogP contribution in [-0.2, 0) is 0 Å². The number of pyridine rings is 1. The normalized spacial score (nSPS) is 10.5. The van der Waals surface area contributed by atoms with Crippen LogP contribution in [0.25, 0.3) is 0 Å². The molecule has 0 saturated heterocycles. The van der Waals surface area contributed by atoms with Gasteiger partial charge in [-0.1, -0.05) is 29.3 Å². The zero-order valence-electron chi connectivity index (χ0n) is 12.7. The predicted octanol–water partition coefficient (Wildman–Crippen LogP) is 4.56. The number of nitrogens with zero attached hydrogens (tertiary/aromatic N) is 3. The fourth-order valence-electron chi connectivity index (χ4n) is 2.04. The second-order valence-electron chi connectivity index (χ2n) is 5.01. The summed E-state index contributed by atoms with van der Waals surface area (Å²) in [4.78, 5) is 12.5. The van der Waals surface area contributed by atoms with Gasteiger partial charge in [0.1, 0.15) is 17.8 Å². The molecular weight excluding hydrogens is 347 g/mol. The fraction of sp³-hybridized carbons (Fsp3) is 0.0625. The minimum atomic E-state index is 0.369. The number of hydrogen-bond acceptors (Lipinski definition) is 6. The first-order valence-corrected chi connectivity index (χ1v) is 7.81. The monoisotopic (exact) mass is 360 g/mol. The predicted molar refractivity (Wildman–Crippen MR) is 98.4 cm³/mol. The molecule has 0 bridgehead atoms. The first-order valence-electron chi connectivity index (χ1n) is 7.06. The molecule has 0 aliphatic carbocycles. The Hall–Kier alpha value is -2.57. The molecule has 0 aliphatic rings. The molecule has 122 valence electrons. The highest BCUT2D eigenvalue weighted by Gasteiger charge is 2.11. The molecular formula is C16H14Cl2N6. The molecule has 0 spiro atoms. The van der Waals surface area contributed by atoms with E-state index in [1.807, 2.05) is 25.1 Å². The second-order valence-corrected chi connectivity index (χ2v) is 5.85. The maximum Gasteiger partial charge on any atom is 0.160 e. The molecule has 3 rings (SSSR count). The average Bonchev–Trinajstić information content (AvgIpc) is 2.57. The molecule has 2 heterocycles. The first-order chi connectivity index (χ1) is 11.5. The Labute approximate surface area is 149 Å². The fourth-order valence-corrected chi connectivity index (χ4v) is 2.32. The first kappa shape index (κ1) is 16.3. The van der Waals surface area contributed by atoms with Crippen LogP contribution in [0.2, 0.25) is 10.0 Å². The van der Waals surface area contributed by atoms with Crippen LogP contribution in [0.4, 0.5) is 28.8 Å². The highest BCUT2D eigenvalue weighted by Crippen LogP contribution is 2.30. The van der Waals surface area contributed by atoms with Gasteiger partial charge in [-0.05, 0) is 36.8 Å². The van der Waals surface area contributed by atoms with Crippen molar-refractivity contribution >= 4 is 52.0 Å². The minimum absolute atomic E-state index is 0.369. The van der Waals surface area contributed by atoms with Crippen LogP contribution in [0.5, 0.6) is 0 Å². The number of halogens is 2. The van der Waals surface area contributed by atoms with Gasteiger partial charge in [0, 0.05) is 16.9 Å². The minimum Gasteiger partial charge on any atom is -0.393 e. The third kappa shape index (κ3) is 3.50. The molecule has 8 heteroatoms. The van der Waals surface area contributed by atoms with E-state index in [9.17, 15) is 0 Å². The maximum atomic E-state index is 6.16. The van der Waals surface area contributed by atoms with Gasteiger partial charge in [-0.15, -0.1) is 0 Å². The zero-order valence-corrected chi connectivity index (χ0v) is 14.2. The number of hydrogen-bond donors (Lipinski definition) is 3. The standard InChI is InChI=1S/C16H14Cl2N6/c1-9-11(18)3-2-4-12(9)23-15-14(19)16(22-8-21-15)24-13-6-5-10(17)7-20-13/h2-8H,19H2,1H3,(H2,20,21,22,23,24). The third-order valence-electron chi connectivity index (χ3n) is 3.38. The van der Waals surface area contributed by atoms with Gasteiger partial charge in [0.05, 0.1) is 5.02 Å². The van der Waals surface area contributed by atoms with Crippen LogP contribution >= 0.6 is 23.2 Å². The van der Waals surface area contributed by atoms with Gasteiger partial charge in [0.15, 0.2) is 11.6 Å². The summed E-state index contributed by atoms with van der Waals surface area (Å²) in [6, 6.07) is 9.04. The van der Waals surface area contributed by atoms with E-state index in [1.165, 1.54) is 12.5 Å². The smallest absolute Gasteiger partial charge is 0.160 e. The zero-order chi connectivity index (χ0) is 17.1. The van der Waals surface area contributed by atoms with E-state index in [0.29, 0.717) is 33.2 Å². The van der Waals surface area contributed by atoms with E-state index in [1.54, 1.807) is 12.1 Å². The molecule has 0 unspecified atom stereocenters. The summed E-state index contributed by atoms with van der Waals surface area (Å²) in [7, 11) is 0. The van der Waals surface area contributed by atoms with E-state index in [4.69, 9.17) is 28.9 Å². The molecule has 6 nitrogen and oxygen atoms in total. The summed E-state index contributed by atoms with van der Waals surface area (Å²) < 4.78 is 0. The lowest BCUT2D eigenvalue weighted by Gasteiger charge is -2.14. The van der Waals surface area contributed by atoms with Crippen molar-refractivity contribution in [2.24, 2.45) is 0 Å². The summed E-state index contributed by atoms with van der Waals surface area (Å²) in [6.07, 6.45) is 2.95. The van der Waals surface area contributed by atoms with Crippen LogP contribution in [0.15, 0.2) is 42.9 Å². The lowest BCUT2D eigenvalue weighted by Crippen LogP contribution is -2.06. The summed E-state index contributed by atoms with van der Waals surface area (Å²) in [5, 5.41) is 7.43. The molecule has 24 heavy (non-hydrogen) atoms. The van der Waals surface area contributed by atoms with E-state index < -0.39 is 0 Å². The Balaban J connectivity index is 1.88. The molecule has 0 aliphatic heterocycles. The third-order valence-corrected chi connectivity index (χ3v) is 4.01. The van der Waals surface area contributed by atoms with Crippen LogP contribution in [0.1, 0.15) is 5.56 Å². The quantitative estimate of drug-likeness (QED) is 0.632. The molecule has 0 atom stereocenters. The summed E-state index contributed by atoms with van der Waals surface area (Å²) in [5.41, 5.74) is 8.26. The van der Waals surface area contributed by atoms with E-state index >= 15 is 0 Å². The Morgan fingerprint density at radius 1 is 0.958 bits per heavy atom. The van der Waals surface area contributed by atoms with Crippen molar-refractivity contribution in [1.29, 1.82) is 0 Å². The van der Waals surface area contributed by atoms with Crippen molar-refractivity contribution in [3.63, 3.8) is 0 Å². The lowest BCUT2D eigenvalue weighted by atomic mass is 10.2. The van der Waals surface area contributed by atoms with Crippen molar-refractivity contribution < 1.29 is 0 Å². The Morgan fingerprint density at radius 3 is 2.42 bits per heavy atom. The van der Waals surface area contributed by atoms with Crippen LogP contribution in [0.3, 0.4) is 0 Å². The summed E-state index contributed by atoms with van der Waals surface area (Å²) in [5.74, 6) is 1.50. The molecule has 1 aromatic carbocycles. The van der Waals surface area contributed by atoms with Crippen LogP contribution in [0, 0.1) is 6.92 Å². The van der Waals surface area contributed by atoms with E-state index in [-0.39, 0.29) is 0 Å². The highest BCUT2D eigenvalue weighted by atomic mass is 35.5. The number of aromatic nitrogens is 3. The van der Waals surface area contributed by atoms with Crippen molar-refractivity contribution in [3.05, 3.63) is 58.5 Å². The Kier molecular flexibility index (Phi) is 4.69. The SMILES string of the molecule is Cc1c(Cl)cccc1Nc1ncnc(Nc2ccc(Cl)cn2)c1N. The molecule has 0 amide bonds. The highest BCUT2D eigenvalue weighted by molar-refractivity contribution is 6.31. The molecule has 0 saturated carbocycles. The van der Waals surface area contributed by atoms with Gasteiger partial charge in [0.2, 0.25) is 0 Å². The number of nitrogen functional groups attached to an aromatic ring is 1. The number of nitrogens with two attached hydrogens (primary N) is 1. The van der Waals surface area contributed by atoms with Crippen molar-refractivity contribution in [1.82, 2.24) is 15.0 Å². The number of nitrogens with one attached hydrogen (secondary N) is 2. The van der Waals surface area contributed by atoms with Gasteiger partial charge < -0.3 is 16.4 Å². The molecule has 0 radical (unpaired) electrons. The van der Waals surface area contributed by atoms with Crippen molar-refractivity contribution in [2.45, 2.75) is 6.92 Å².